The summed E-state index contributed by atoms with van der Waals surface area (Å²) < 4.78 is 1.19. The quantitative estimate of drug-likeness (QED) is 0.596. The molecule has 0 atom stereocenters. The average molecular weight is 318 g/mol. The molecule has 4 aromatic rings. The van der Waals surface area contributed by atoms with Crippen LogP contribution in [0.1, 0.15) is 10.5 Å². The van der Waals surface area contributed by atoms with Crippen molar-refractivity contribution in [1.82, 2.24) is 14.8 Å². The summed E-state index contributed by atoms with van der Waals surface area (Å²) in [5.41, 5.74) is 1.62. The number of H-pyrrole nitrogens is 1. The molecule has 2 heterocycles. The topological polar surface area (TPSA) is 79.8 Å². The molecule has 0 unspecified atom stereocenters. The molecule has 0 aliphatic heterocycles. The first kappa shape index (κ1) is 14.2. The fourth-order valence-electron chi connectivity index (χ4n) is 2.84. The highest BCUT2D eigenvalue weighted by Crippen LogP contribution is 2.23. The number of hydrogen-bond donors (Lipinski definition) is 2. The number of nitrogens with zero attached hydrogens (tertiary/aromatic N) is 2. The molecule has 0 radical (unpaired) electrons. The van der Waals surface area contributed by atoms with Crippen molar-refractivity contribution in [3.05, 3.63) is 70.8 Å². The Bertz CT molecular complexity index is 1140. The van der Waals surface area contributed by atoms with Gasteiger partial charge in [0, 0.05) is 29.5 Å². The minimum atomic E-state index is -0.351. The molecule has 0 saturated heterocycles. The molecule has 6 nitrogen and oxygen atoms in total. The molecule has 118 valence electrons. The van der Waals surface area contributed by atoms with E-state index < -0.39 is 0 Å². The second-order valence-electron chi connectivity index (χ2n) is 5.52. The van der Waals surface area contributed by atoms with E-state index >= 15 is 0 Å². The Morgan fingerprint density at radius 2 is 1.83 bits per heavy atom. The lowest BCUT2D eigenvalue weighted by molar-refractivity contribution is 0.102. The Labute approximate surface area is 136 Å². The summed E-state index contributed by atoms with van der Waals surface area (Å²) in [4.78, 5) is 28.0. The maximum atomic E-state index is 12.8. The van der Waals surface area contributed by atoms with Crippen LogP contribution in [0, 0.1) is 0 Å². The van der Waals surface area contributed by atoms with Gasteiger partial charge in [-0.15, -0.1) is 0 Å². The second-order valence-corrected chi connectivity index (χ2v) is 5.52. The van der Waals surface area contributed by atoms with Crippen molar-refractivity contribution in [1.29, 1.82) is 0 Å². The molecular weight excluding hydrogens is 304 g/mol. The van der Waals surface area contributed by atoms with E-state index in [1.807, 2.05) is 30.5 Å². The van der Waals surface area contributed by atoms with Crippen LogP contribution in [0.4, 0.5) is 5.69 Å². The molecule has 6 heteroatoms. The number of rotatable bonds is 2. The number of aromatic amines is 1. The second kappa shape index (κ2) is 5.34. The van der Waals surface area contributed by atoms with E-state index in [9.17, 15) is 9.59 Å². The maximum absolute atomic E-state index is 12.8. The number of carbonyl (C=O) groups excluding carboxylic acids is 1. The highest BCUT2D eigenvalue weighted by atomic mass is 16.2. The first-order chi connectivity index (χ1) is 11.6. The van der Waals surface area contributed by atoms with Gasteiger partial charge in [-0.2, -0.15) is 5.10 Å². The van der Waals surface area contributed by atoms with Crippen LogP contribution in [0.5, 0.6) is 0 Å². The number of fused-ring (bicyclic) bond motifs is 2. The first-order valence-corrected chi connectivity index (χ1v) is 7.48. The van der Waals surface area contributed by atoms with E-state index in [1.54, 1.807) is 31.3 Å². The number of nitrogens with one attached hydrogen (secondary N) is 2. The Balaban J connectivity index is 1.83. The molecule has 2 aromatic heterocycles. The molecular formula is C18H14N4O2. The predicted octanol–water partition coefficient (Wildman–Crippen LogP) is 2.67. The molecule has 0 saturated carbocycles. The molecule has 4 rings (SSSR count). The van der Waals surface area contributed by atoms with Crippen LogP contribution >= 0.6 is 0 Å². The van der Waals surface area contributed by atoms with Crippen molar-refractivity contribution in [2.24, 2.45) is 7.05 Å². The van der Waals surface area contributed by atoms with Gasteiger partial charge in [-0.25, -0.2) is 4.68 Å². The van der Waals surface area contributed by atoms with Crippen molar-refractivity contribution in [3.63, 3.8) is 0 Å². The zero-order chi connectivity index (χ0) is 16.7. The number of aromatic nitrogens is 3. The van der Waals surface area contributed by atoms with Crippen LogP contribution in [-0.2, 0) is 7.05 Å². The number of aryl methyl sites for hydroxylation is 1. The summed E-state index contributed by atoms with van der Waals surface area (Å²) >= 11 is 0. The Hall–Kier alpha value is -3.41. The van der Waals surface area contributed by atoms with E-state index in [4.69, 9.17) is 0 Å². The summed E-state index contributed by atoms with van der Waals surface area (Å²) in [6, 6.07) is 14.5. The number of amides is 1. The van der Waals surface area contributed by atoms with Crippen molar-refractivity contribution < 1.29 is 4.79 Å². The van der Waals surface area contributed by atoms with Crippen molar-refractivity contribution in [3.8, 4) is 0 Å². The summed E-state index contributed by atoms with van der Waals surface area (Å²) in [5.74, 6) is -0.351. The Morgan fingerprint density at radius 1 is 1.04 bits per heavy atom. The third-order valence-corrected chi connectivity index (χ3v) is 4.01. The molecule has 0 bridgehead atoms. The lowest BCUT2D eigenvalue weighted by Crippen LogP contribution is -2.25. The van der Waals surface area contributed by atoms with E-state index in [0.29, 0.717) is 16.5 Å². The lowest BCUT2D eigenvalue weighted by atomic mass is 10.1. The summed E-state index contributed by atoms with van der Waals surface area (Å²) in [5, 5.41) is 8.97. The van der Waals surface area contributed by atoms with Gasteiger partial charge >= 0.3 is 0 Å². The number of carbonyl (C=O) groups is 1. The predicted molar refractivity (Wildman–Crippen MR) is 93.2 cm³/mol. The molecule has 0 aliphatic carbocycles. The van der Waals surface area contributed by atoms with Crippen molar-refractivity contribution in [2.75, 3.05) is 5.32 Å². The largest absolute Gasteiger partial charge is 0.361 e. The van der Waals surface area contributed by atoms with Crippen LogP contribution in [0.3, 0.4) is 0 Å². The van der Waals surface area contributed by atoms with Crippen LogP contribution in [0.15, 0.2) is 59.5 Å². The Kier molecular flexibility index (Phi) is 3.16. The van der Waals surface area contributed by atoms with Gasteiger partial charge in [-0.1, -0.05) is 24.3 Å². The number of benzene rings is 2. The van der Waals surface area contributed by atoms with Crippen molar-refractivity contribution in [2.45, 2.75) is 0 Å². The zero-order valence-electron chi connectivity index (χ0n) is 12.9. The first-order valence-electron chi connectivity index (χ1n) is 7.48. The minimum absolute atomic E-state index is 0.222. The van der Waals surface area contributed by atoms with Crippen LogP contribution < -0.4 is 10.9 Å². The fraction of sp³-hybridized carbons (Fsp3) is 0.0556. The average Bonchev–Trinajstić information content (AvgIpc) is 3.08. The SMILES string of the molecule is Cn1nc(C(=O)Nc2cccc3[nH]ccc23)c2ccccc2c1=O. The Morgan fingerprint density at radius 3 is 2.67 bits per heavy atom. The number of hydrogen-bond acceptors (Lipinski definition) is 3. The summed E-state index contributed by atoms with van der Waals surface area (Å²) in [7, 11) is 1.54. The zero-order valence-corrected chi connectivity index (χ0v) is 12.9. The minimum Gasteiger partial charge on any atom is -0.361 e. The standard InChI is InChI=1S/C18H14N4O2/c1-22-18(24)12-6-3-2-5-11(12)16(21-22)17(23)20-15-8-4-7-14-13(15)9-10-19-14/h2-10,19H,1H3,(H,20,23). The third kappa shape index (κ3) is 2.16. The van der Waals surface area contributed by atoms with Crippen LogP contribution in [-0.4, -0.2) is 20.7 Å². The van der Waals surface area contributed by atoms with Gasteiger partial charge < -0.3 is 10.3 Å². The summed E-state index contributed by atoms with van der Waals surface area (Å²) in [6.07, 6.45) is 1.82. The summed E-state index contributed by atoms with van der Waals surface area (Å²) in [6.45, 7) is 0. The van der Waals surface area contributed by atoms with Gasteiger partial charge in [0.25, 0.3) is 11.5 Å². The maximum Gasteiger partial charge on any atom is 0.276 e. The molecule has 0 fully saturated rings. The molecule has 2 aromatic carbocycles. The van der Waals surface area contributed by atoms with E-state index in [0.717, 1.165) is 10.9 Å². The molecule has 0 aliphatic rings. The number of anilines is 1. The normalized spacial score (nSPS) is 11.0. The molecule has 24 heavy (non-hydrogen) atoms. The van der Waals surface area contributed by atoms with Gasteiger partial charge in [0.05, 0.1) is 11.1 Å². The molecule has 0 spiro atoms. The molecule has 2 N–H and O–H groups in total. The molecule has 1 amide bonds. The monoisotopic (exact) mass is 318 g/mol. The van der Waals surface area contributed by atoms with Gasteiger partial charge in [0.1, 0.15) is 0 Å². The smallest absolute Gasteiger partial charge is 0.276 e. The van der Waals surface area contributed by atoms with Gasteiger partial charge in [0.15, 0.2) is 5.69 Å². The lowest BCUT2D eigenvalue weighted by Gasteiger charge is -2.09. The van der Waals surface area contributed by atoms with Crippen molar-refractivity contribution >= 4 is 33.3 Å². The fourth-order valence-corrected chi connectivity index (χ4v) is 2.84. The van der Waals surface area contributed by atoms with Crippen LogP contribution in [0.2, 0.25) is 0 Å². The van der Waals surface area contributed by atoms with E-state index in [1.165, 1.54) is 4.68 Å². The van der Waals surface area contributed by atoms with Gasteiger partial charge in [0.2, 0.25) is 0 Å². The third-order valence-electron chi connectivity index (χ3n) is 4.01. The highest BCUT2D eigenvalue weighted by Gasteiger charge is 2.16. The van der Waals surface area contributed by atoms with Gasteiger partial charge in [-0.3, -0.25) is 9.59 Å². The van der Waals surface area contributed by atoms with Crippen LogP contribution in [0.25, 0.3) is 21.7 Å². The highest BCUT2D eigenvalue weighted by molar-refractivity contribution is 6.13. The van der Waals surface area contributed by atoms with Gasteiger partial charge in [-0.05, 0) is 24.3 Å². The van der Waals surface area contributed by atoms with E-state index in [-0.39, 0.29) is 17.2 Å². The van der Waals surface area contributed by atoms with E-state index in [2.05, 4.69) is 15.4 Å².